The average Bonchev–Trinajstić information content (AvgIpc) is 3.26. The molecule has 1 fully saturated rings. The van der Waals surface area contributed by atoms with E-state index in [1.165, 1.54) is 10.6 Å². The van der Waals surface area contributed by atoms with E-state index in [4.69, 9.17) is 4.42 Å². The molecule has 33 heavy (non-hydrogen) atoms. The van der Waals surface area contributed by atoms with Gasteiger partial charge in [-0.25, -0.2) is 0 Å². The number of para-hydroxylation sites is 1. The van der Waals surface area contributed by atoms with Crippen LogP contribution in [0, 0.1) is 13.8 Å². The topological polar surface area (TPSA) is 87.8 Å². The smallest absolute Gasteiger partial charge is 0.289 e. The Hall–Kier alpha value is -3.65. The molecule has 0 saturated carbocycles. The molecule has 1 aliphatic heterocycles. The van der Waals surface area contributed by atoms with Gasteiger partial charge in [0.1, 0.15) is 5.76 Å². The second kappa shape index (κ2) is 9.87. The van der Waals surface area contributed by atoms with Crippen LogP contribution < -0.4 is 10.9 Å². The monoisotopic (exact) mass is 448 g/mol. The summed E-state index contributed by atoms with van der Waals surface area (Å²) in [6.07, 6.45) is 1.68. The quantitative estimate of drug-likeness (QED) is 0.626. The number of carbonyl (C=O) groups excluding carboxylic acids is 2. The fraction of sp³-hybridized carbons (Fsp3) is 0.320. The van der Waals surface area contributed by atoms with Gasteiger partial charge in [-0.05, 0) is 43.2 Å². The van der Waals surface area contributed by atoms with Crippen molar-refractivity contribution in [1.29, 1.82) is 0 Å². The van der Waals surface area contributed by atoms with Gasteiger partial charge in [0, 0.05) is 44.1 Å². The van der Waals surface area contributed by atoms with Crippen LogP contribution in [0.5, 0.6) is 0 Å². The van der Waals surface area contributed by atoms with Gasteiger partial charge in [-0.3, -0.25) is 19.3 Å². The van der Waals surface area contributed by atoms with Gasteiger partial charge < -0.3 is 19.2 Å². The van der Waals surface area contributed by atoms with Crippen LogP contribution >= 0.6 is 0 Å². The fourth-order valence-corrected chi connectivity index (χ4v) is 4.00. The first-order valence-electron chi connectivity index (χ1n) is 11.0. The Morgan fingerprint density at radius 3 is 2.36 bits per heavy atom. The Bertz CT molecular complexity index is 1180. The van der Waals surface area contributed by atoms with Crippen molar-refractivity contribution in [3.05, 3.63) is 87.7 Å². The second-order valence-electron chi connectivity index (χ2n) is 8.32. The minimum Gasteiger partial charge on any atom is -0.454 e. The predicted octanol–water partition coefficient (Wildman–Crippen LogP) is 2.50. The molecular formula is C25H28N4O4. The van der Waals surface area contributed by atoms with E-state index in [9.17, 15) is 14.4 Å². The molecule has 3 heterocycles. The van der Waals surface area contributed by atoms with E-state index >= 15 is 0 Å². The molecule has 1 saturated heterocycles. The van der Waals surface area contributed by atoms with Crippen LogP contribution in [-0.4, -0.2) is 58.9 Å². The summed E-state index contributed by atoms with van der Waals surface area (Å²) >= 11 is 0. The summed E-state index contributed by atoms with van der Waals surface area (Å²) in [4.78, 5) is 41.0. The lowest BCUT2D eigenvalue weighted by Gasteiger charge is -2.33. The van der Waals surface area contributed by atoms with Crippen LogP contribution in [0.1, 0.15) is 27.4 Å². The standard InChI is InChI=1S/C25H28N4O4/c1-18-6-5-7-19(2)24(18)26-22(30)17-27-12-14-28(15-13-27)25(32)21-10-9-20(33-21)16-29-11-4-3-8-23(29)31/h3-11H,12-17H2,1-2H3,(H,26,30). The van der Waals surface area contributed by atoms with Crippen LogP contribution in [0.15, 0.2) is 63.9 Å². The third-order valence-corrected chi connectivity index (χ3v) is 5.87. The van der Waals surface area contributed by atoms with Crippen molar-refractivity contribution in [3.8, 4) is 0 Å². The van der Waals surface area contributed by atoms with Crippen molar-refractivity contribution < 1.29 is 14.0 Å². The van der Waals surface area contributed by atoms with E-state index in [0.29, 0.717) is 31.9 Å². The number of nitrogens with zero attached hydrogens (tertiary/aromatic N) is 3. The van der Waals surface area contributed by atoms with Crippen molar-refractivity contribution in [3.63, 3.8) is 0 Å². The lowest BCUT2D eigenvalue weighted by atomic mass is 10.1. The van der Waals surface area contributed by atoms with E-state index in [-0.39, 0.29) is 36.2 Å². The molecule has 0 aliphatic carbocycles. The lowest BCUT2D eigenvalue weighted by Crippen LogP contribution is -2.50. The number of pyridine rings is 1. The highest BCUT2D eigenvalue weighted by Gasteiger charge is 2.25. The summed E-state index contributed by atoms with van der Waals surface area (Å²) in [5, 5.41) is 3.01. The van der Waals surface area contributed by atoms with Crippen molar-refractivity contribution in [2.45, 2.75) is 20.4 Å². The van der Waals surface area contributed by atoms with E-state index < -0.39 is 0 Å². The summed E-state index contributed by atoms with van der Waals surface area (Å²) in [6, 6.07) is 14.2. The van der Waals surface area contributed by atoms with Gasteiger partial charge in [-0.2, -0.15) is 0 Å². The van der Waals surface area contributed by atoms with E-state index in [0.717, 1.165) is 16.8 Å². The molecule has 2 amide bonds. The van der Waals surface area contributed by atoms with Crippen LogP contribution in [0.3, 0.4) is 0 Å². The molecule has 2 aromatic heterocycles. The number of anilines is 1. The molecule has 8 nitrogen and oxygen atoms in total. The van der Waals surface area contributed by atoms with Gasteiger partial charge in [-0.1, -0.05) is 24.3 Å². The van der Waals surface area contributed by atoms with Crippen LogP contribution in [0.2, 0.25) is 0 Å². The van der Waals surface area contributed by atoms with E-state index in [2.05, 4.69) is 5.32 Å². The number of hydrogen-bond acceptors (Lipinski definition) is 5. The molecule has 0 radical (unpaired) electrons. The molecule has 4 rings (SSSR count). The number of rotatable bonds is 6. The largest absolute Gasteiger partial charge is 0.454 e. The molecule has 0 unspecified atom stereocenters. The maximum Gasteiger partial charge on any atom is 0.289 e. The number of hydrogen-bond donors (Lipinski definition) is 1. The molecule has 0 atom stereocenters. The van der Waals surface area contributed by atoms with Crippen molar-refractivity contribution in [2.75, 3.05) is 38.0 Å². The van der Waals surface area contributed by atoms with E-state index in [1.807, 2.05) is 36.9 Å². The Balaban J connectivity index is 1.29. The summed E-state index contributed by atoms with van der Waals surface area (Å²) in [6.45, 7) is 6.77. The first kappa shape index (κ1) is 22.5. The Kier molecular flexibility index (Phi) is 6.74. The van der Waals surface area contributed by atoms with Crippen LogP contribution in [0.4, 0.5) is 5.69 Å². The molecule has 0 spiro atoms. The first-order valence-corrected chi connectivity index (χ1v) is 11.0. The minimum absolute atomic E-state index is 0.0565. The predicted molar refractivity (Wildman–Crippen MR) is 125 cm³/mol. The highest BCUT2D eigenvalue weighted by atomic mass is 16.4. The second-order valence-corrected chi connectivity index (χ2v) is 8.32. The van der Waals surface area contributed by atoms with Gasteiger partial charge in [-0.15, -0.1) is 0 Å². The number of furan rings is 1. The zero-order valence-electron chi connectivity index (χ0n) is 18.9. The van der Waals surface area contributed by atoms with Gasteiger partial charge in [0.05, 0.1) is 13.1 Å². The Morgan fingerprint density at radius 2 is 1.67 bits per heavy atom. The minimum atomic E-state index is -0.179. The fourth-order valence-electron chi connectivity index (χ4n) is 4.00. The molecule has 1 N–H and O–H groups in total. The molecule has 0 bridgehead atoms. The first-order chi connectivity index (χ1) is 15.9. The van der Waals surface area contributed by atoms with Crippen LogP contribution in [-0.2, 0) is 11.3 Å². The number of carbonyl (C=O) groups is 2. The van der Waals surface area contributed by atoms with Gasteiger partial charge in [0.2, 0.25) is 5.91 Å². The van der Waals surface area contributed by atoms with Crippen LogP contribution in [0.25, 0.3) is 0 Å². The maximum absolute atomic E-state index is 12.8. The van der Waals surface area contributed by atoms with Gasteiger partial charge >= 0.3 is 0 Å². The summed E-state index contributed by atoms with van der Waals surface area (Å²) in [7, 11) is 0. The SMILES string of the molecule is Cc1cccc(C)c1NC(=O)CN1CCN(C(=O)c2ccc(Cn3ccccc3=O)o2)CC1. The molecular weight excluding hydrogens is 420 g/mol. The maximum atomic E-state index is 12.8. The zero-order valence-corrected chi connectivity index (χ0v) is 18.9. The van der Waals surface area contributed by atoms with Crippen molar-refractivity contribution >= 4 is 17.5 Å². The molecule has 1 aliphatic rings. The molecule has 172 valence electrons. The summed E-state index contributed by atoms with van der Waals surface area (Å²) in [5.74, 6) is 0.573. The number of nitrogens with one attached hydrogen (secondary N) is 1. The normalized spacial score (nSPS) is 14.3. The third-order valence-electron chi connectivity index (χ3n) is 5.87. The van der Waals surface area contributed by atoms with Gasteiger partial charge in [0.15, 0.2) is 5.76 Å². The highest BCUT2D eigenvalue weighted by molar-refractivity contribution is 5.94. The van der Waals surface area contributed by atoms with E-state index in [1.54, 1.807) is 35.4 Å². The number of benzene rings is 1. The number of piperazine rings is 1. The Labute approximate surface area is 192 Å². The van der Waals surface area contributed by atoms with Crippen molar-refractivity contribution in [2.24, 2.45) is 0 Å². The number of aromatic nitrogens is 1. The van der Waals surface area contributed by atoms with Crippen molar-refractivity contribution in [1.82, 2.24) is 14.4 Å². The molecule has 1 aromatic carbocycles. The third kappa shape index (κ3) is 5.40. The zero-order chi connectivity index (χ0) is 23.4. The summed E-state index contributed by atoms with van der Waals surface area (Å²) in [5.41, 5.74) is 2.81. The Morgan fingerprint density at radius 1 is 0.939 bits per heavy atom. The number of aryl methyl sites for hydroxylation is 2. The average molecular weight is 449 g/mol. The lowest BCUT2D eigenvalue weighted by molar-refractivity contribution is -0.117. The highest BCUT2D eigenvalue weighted by Crippen LogP contribution is 2.19. The summed E-state index contributed by atoms with van der Waals surface area (Å²) < 4.78 is 7.23. The van der Waals surface area contributed by atoms with Gasteiger partial charge in [0.25, 0.3) is 11.5 Å². The molecule has 8 heteroatoms. The molecule has 3 aromatic rings. The number of amides is 2.